The highest BCUT2D eigenvalue weighted by Gasteiger charge is 2.07. The maximum absolute atomic E-state index is 4.64. The van der Waals surface area contributed by atoms with Gasteiger partial charge in [0.15, 0.2) is 0 Å². The van der Waals surface area contributed by atoms with E-state index in [4.69, 9.17) is 0 Å². The Morgan fingerprint density at radius 2 is 2.18 bits per heavy atom. The van der Waals surface area contributed by atoms with Crippen LogP contribution in [0.3, 0.4) is 0 Å². The van der Waals surface area contributed by atoms with Crippen LogP contribution >= 0.6 is 0 Å². The summed E-state index contributed by atoms with van der Waals surface area (Å²) in [7, 11) is 2.06. The Morgan fingerprint density at radius 3 is 2.94 bits per heavy atom. The third-order valence-corrected chi connectivity index (χ3v) is 3.01. The van der Waals surface area contributed by atoms with Gasteiger partial charge in [0, 0.05) is 19.4 Å². The van der Waals surface area contributed by atoms with Crippen molar-refractivity contribution < 1.29 is 0 Å². The first kappa shape index (κ1) is 10.1. The number of fused-ring (bicyclic) bond motifs is 1. The molecule has 0 unspecified atom stereocenters. The molecule has 0 saturated carbocycles. The lowest BCUT2D eigenvalue weighted by molar-refractivity contribution is 0.707. The molecule has 0 radical (unpaired) electrons. The highest BCUT2D eigenvalue weighted by atomic mass is 15.1. The van der Waals surface area contributed by atoms with Gasteiger partial charge >= 0.3 is 0 Å². The van der Waals surface area contributed by atoms with E-state index in [1.165, 1.54) is 11.1 Å². The van der Waals surface area contributed by atoms with Gasteiger partial charge in [0.25, 0.3) is 0 Å². The van der Waals surface area contributed by atoms with Gasteiger partial charge in [-0.3, -0.25) is 0 Å². The largest absolute Gasteiger partial charge is 0.330 e. The Labute approximate surface area is 99.5 Å². The van der Waals surface area contributed by atoms with Crippen molar-refractivity contribution in [1.29, 1.82) is 0 Å². The van der Waals surface area contributed by atoms with Crippen LogP contribution in [-0.4, -0.2) is 19.1 Å². The quantitative estimate of drug-likeness (QED) is 0.671. The van der Waals surface area contributed by atoms with Crippen molar-refractivity contribution in [3.05, 3.63) is 48.3 Å². The average Bonchev–Trinajstić information content (AvgIpc) is 2.91. The van der Waals surface area contributed by atoms with Gasteiger partial charge < -0.3 is 9.13 Å². The van der Waals surface area contributed by atoms with Crippen molar-refractivity contribution >= 4 is 11.0 Å². The minimum atomic E-state index is 0.754. The van der Waals surface area contributed by atoms with Gasteiger partial charge in [0.05, 0.1) is 23.9 Å². The van der Waals surface area contributed by atoms with Crippen molar-refractivity contribution in [2.45, 2.75) is 13.5 Å². The standard InChI is InChI=1S/C13H14N4/c1-10-3-4-11-12(7-10)16(2)13(15-11)8-17-6-5-14-9-17/h3-7,9H,8H2,1-2H3. The first-order valence-corrected chi connectivity index (χ1v) is 5.62. The summed E-state index contributed by atoms with van der Waals surface area (Å²) in [5.41, 5.74) is 3.49. The van der Waals surface area contributed by atoms with Crippen molar-refractivity contribution in [1.82, 2.24) is 19.1 Å². The van der Waals surface area contributed by atoms with E-state index in [2.05, 4.69) is 46.7 Å². The van der Waals surface area contributed by atoms with Crippen LogP contribution in [0.5, 0.6) is 0 Å². The Morgan fingerprint density at radius 1 is 1.29 bits per heavy atom. The number of imidazole rings is 2. The third-order valence-electron chi connectivity index (χ3n) is 3.01. The predicted molar refractivity (Wildman–Crippen MR) is 66.8 cm³/mol. The summed E-state index contributed by atoms with van der Waals surface area (Å²) in [4.78, 5) is 8.68. The zero-order valence-electron chi connectivity index (χ0n) is 9.96. The molecule has 0 aliphatic heterocycles. The molecule has 1 aromatic carbocycles. The predicted octanol–water partition coefficient (Wildman–Crippen LogP) is 2.13. The monoisotopic (exact) mass is 226 g/mol. The van der Waals surface area contributed by atoms with E-state index in [1.807, 2.05) is 17.1 Å². The highest BCUT2D eigenvalue weighted by Crippen LogP contribution is 2.17. The molecule has 0 aliphatic carbocycles. The van der Waals surface area contributed by atoms with Crippen molar-refractivity contribution in [2.75, 3.05) is 0 Å². The van der Waals surface area contributed by atoms with E-state index in [-0.39, 0.29) is 0 Å². The Bertz CT molecular complexity index is 649. The molecule has 2 heterocycles. The summed E-state index contributed by atoms with van der Waals surface area (Å²) in [5, 5.41) is 0. The molecule has 17 heavy (non-hydrogen) atoms. The van der Waals surface area contributed by atoms with E-state index in [0.29, 0.717) is 0 Å². The summed E-state index contributed by atoms with van der Waals surface area (Å²) in [6.07, 6.45) is 5.54. The van der Waals surface area contributed by atoms with Crippen LogP contribution in [0.2, 0.25) is 0 Å². The molecule has 2 aromatic heterocycles. The summed E-state index contributed by atoms with van der Waals surface area (Å²) >= 11 is 0. The zero-order chi connectivity index (χ0) is 11.8. The van der Waals surface area contributed by atoms with Crippen LogP contribution in [0.1, 0.15) is 11.4 Å². The molecule has 0 bridgehead atoms. The lowest BCUT2D eigenvalue weighted by atomic mass is 10.2. The number of hydrogen-bond donors (Lipinski definition) is 0. The Balaban J connectivity index is 2.08. The third kappa shape index (κ3) is 1.71. The number of benzene rings is 1. The molecule has 0 amide bonds. The normalized spacial score (nSPS) is 11.2. The molecule has 3 rings (SSSR count). The van der Waals surface area contributed by atoms with Gasteiger partial charge in [-0.05, 0) is 24.6 Å². The van der Waals surface area contributed by atoms with E-state index < -0.39 is 0 Å². The lowest BCUT2D eigenvalue weighted by Crippen LogP contribution is -2.04. The van der Waals surface area contributed by atoms with Gasteiger partial charge in [0.2, 0.25) is 0 Å². The fraction of sp³-hybridized carbons (Fsp3) is 0.231. The first-order chi connectivity index (χ1) is 8.24. The molecule has 4 nitrogen and oxygen atoms in total. The Hall–Kier alpha value is -2.10. The number of aromatic nitrogens is 4. The number of aryl methyl sites for hydroxylation is 2. The van der Waals surface area contributed by atoms with Crippen molar-refractivity contribution in [3.63, 3.8) is 0 Å². The zero-order valence-corrected chi connectivity index (χ0v) is 9.96. The van der Waals surface area contributed by atoms with Crippen LogP contribution in [0, 0.1) is 6.92 Å². The second-order valence-corrected chi connectivity index (χ2v) is 4.31. The van der Waals surface area contributed by atoms with E-state index in [0.717, 1.165) is 17.9 Å². The molecule has 4 heteroatoms. The van der Waals surface area contributed by atoms with Crippen LogP contribution < -0.4 is 0 Å². The van der Waals surface area contributed by atoms with Gasteiger partial charge in [-0.1, -0.05) is 6.07 Å². The fourth-order valence-corrected chi connectivity index (χ4v) is 2.03. The minimum absolute atomic E-state index is 0.754. The van der Waals surface area contributed by atoms with E-state index in [9.17, 15) is 0 Å². The maximum atomic E-state index is 4.64. The highest BCUT2D eigenvalue weighted by molar-refractivity contribution is 5.76. The topological polar surface area (TPSA) is 35.6 Å². The van der Waals surface area contributed by atoms with Gasteiger partial charge in [-0.25, -0.2) is 9.97 Å². The summed E-state index contributed by atoms with van der Waals surface area (Å²) < 4.78 is 4.16. The molecule has 86 valence electrons. The second-order valence-electron chi connectivity index (χ2n) is 4.31. The Kier molecular flexibility index (Phi) is 2.21. The van der Waals surface area contributed by atoms with Gasteiger partial charge in [-0.2, -0.15) is 0 Å². The molecule has 0 fully saturated rings. The smallest absolute Gasteiger partial charge is 0.129 e. The summed E-state index contributed by atoms with van der Waals surface area (Å²) in [6.45, 7) is 2.85. The SMILES string of the molecule is Cc1ccc2nc(Cn3ccnc3)n(C)c2c1. The molecular formula is C13H14N4. The van der Waals surface area contributed by atoms with E-state index >= 15 is 0 Å². The first-order valence-electron chi connectivity index (χ1n) is 5.62. The molecule has 0 spiro atoms. The molecular weight excluding hydrogens is 212 g/mol. The summed E-state index contributed by atoms with van der Waals surface area (Å²) in [5.74, 6) is 1.05. The van der Waals surface area contributed by atoms with Crippen LogP contribution in [-0.2, 0) is 13.6 Å². The lowest BCUT2D eigenvalue weighted by Gasteiger charge is -2.03. The number of nitrogens with zero attached hydrogens (tertiary/aromatic N) is 4. The van der Waals surface area contributed by atoms with Crippen molar-refractivity contribution in [2.24, 2.45) is 7.05 Å². The van der Waals surface area contributed by atoms with E-state index in [1.54, 1.807) is 6.20 Å². The fourth-order valence-electron chi connectivity index (χ4n) is 2.03. The van der Waals surface area contributed by atoms with Crippen LogP contribution in [0.4, 0.5) is 0 Å². The summed E-state index contributed by atoms with van der Waals surface area (Å²) in [6, 6.07) is 6.33. The molecule has 0 saturated heterocycles. The van der Waals surface area contributed by atoms with Gasteiger partial charge in [-0.15, -0.1) is 0 Å². The number of hydrogen-bond acceptors (Lipinski definition) is 2. The molecule has 0 atom stereocenters. The maximum Gasteiger partial charge on any atom is 0.129 e. The average molecular weight is 226 g/mol. The number of rotatable bonds is 2. The minimum Gasteiger partial charge on any atom is -0.330 e. The van der Waals surface area contributed by atoms with Crippen LogP contribution in [0.25, 0.3) is 11.0 Å². The van der Waals surface area contributed by atoms with Gasteiger partial charge in [0.1, 0.15) is 5.82 Å². The molecule has 3 aromatic rings. The van der Waals surface area contributed by atoms with Crippen LogP contribution in [0.15, 0.2) is 36.9 Å². The molecule has 0 aliphatic rings. The molecule has 0 N–H and O–H groups in total. The van der Waals surface area contributed by atoms with Crippen molar-refractivity contribution in [3.8, 4) is 0 Å². The second kappa shape index (κ2) is 3.73.